The van der Waals surface area contributed by atoms with Gasteiger partial charge in [-0.15, -0.1) is 0 Å². The molecule has 0 radical (unpaired) electrons. The Bertz CT molecular complexity index is 554. The maximum absolute atomic E-state index is 13.2. The zero-order valence-corrected chi connectivity index (χ0v) is 11.7. The zero-order valence-electron chi connectivity index (χ0n) is 10.9. The first-order valence-electron chi connectivity index (χ1n) is 6.00. The van der Waals surface area contributed by atoms with E-state index in [-0.39, 0.29) is 10.3 Å². The Hall–Kier alpha value is -0.940. The van der Waals surface area contributed by atoms with Crippen molar-refractivity contribution in [2.75, 3.05) is 6.54 Å². The Morgan fingerprint density at radius 3 is 2.22 bits per heavy atom. The average molecular weight is 271 g/mol. The first-order valence-corrected chi connectivity index (χ1v) is 7.48. The van der Waals surface area contributed by atoms with E-state index in [1.165, 1.54) is 12.1 Å². The van der Waals surface area contributed by atoms with Crippen molar-refractivity contribution in [3.63, 3.8) is 0 Å². The third kappa shape index (κ3) is 2.72. The van der Waals surface area contributed by atoms with Crippen LogP contribution >= 0.6 is 0 Å². The van der Waals surface area contributed by atoms with E-state index in [4.69, 9.17) is 0 Å². The van der Waals surface area contributed by atoms with Crippen LogP contribution in [0.1, 0.15) is 30.9 Å². The van der Waals surface area contributed by atoms with Crippen LogP contribution in [-0.4, -0.2) is 15.0 Å². The van der Waals surface area contributed by atoms with Gasteiger partial charge in [0.2, 0.25) is 10.0 Å². The van der Waals surface area contributed by atoms with Crippen LogP contribution in [-0.2, 0) is 10.0 Å². The van der Waals surface area contributed by atoms with Crippen molar-refractivity contribution in [3.05, 3.63) is 29.1 Å². The highest BCUT2D eigenvalue weighted by Gasteiger charge is 2.38. The number of halogens is 1. The average Bonchev–Trinajstić information content (AvgIpc) is 2.92. The van der Waals surface area contributed by atoms with Gasteiger partial charge in [0, 0.05) is 6.54 Å². The van der Waals surface area contributed by atoms with Crippen LogP contribution in [0.2, 0.25) is 0 Å². The van der Waals surface area contributed by atoms with Gasteiger partial charge in [-0.2, -0.15) is 0 Å². The Morgan fingerprint density at radius 1 is 1.28 bits per heavy atom. The molecule has 1 aromatic carbocycles. The number of hydrogen-bond acceptors (Lipinski definition) is 2. The molecule has 18 heavy (non-hydrogen) atoms. The van der Waals surface area contributed by atoms with Crippen LogP contribution in [0.4, 0.5) is 4.39 Å². The van der Waals surface area contributed by atoms with Crippen molar-refractivity contribution >= 4 is 10.0 Å². The Morgan fingerprint density at radius 2 is 1.78 bits per heavy atom. The third-order valence-electron chi connectivity index (χ3n) is 3.49. The lowest BCUT2D eigenvalue weighted by Gasteiger charge is -2.14. The fraction of sp³-hybridized carbons (Fsp3) is 0.538. The highest BCUT2D eigenvalue weighted by atomic mass is 32.2. The van der Waals surface area contributed by atoms with E-state index >= 15 is 0 Å². The van der Waals surface area contributed by atoms with Crippen molar-refractivity contribution in [2.24, 2.45) is 5.41 Å². The molecular weight excluding hydrogens is 253 g/mol. The minimum Gasteiger partial charge on any atom is -0.211 e. The van der Waals surface area contributed by atoms with Gasteiger partial charge in [-0.3, -0.25) is 0 Å². The maximum Gasteiger partial charge on any atom is 0.241 e. The Balaban J connectivity index is 2.29. The number of sulfonamides is 1. The summed E-state index contributed by atoms with van der Waals surface area (Å²) in [5, 5.41) is 0. The van der Waals surface area contributed by atoms with Crippen LogP contribution in [0.3, 0.4) is 0 Å². The topological polar surface area (TPSA) is 46.2 Å². The molecular formula is C13H18FNO2S. The van der Waals surface area contributed by atoms with Crippen molar-refractivity contribution in [3.8, 4) is 0 Å². The molecule has 0 unspecified atom stereocenters. The smallest absolute Gasteiger partial charge is 0.211 e. The molecule has 2 rings (SSSR count). The second kappa shape index (κ2) is 4.31. The Labute approximate surface area is 107 Å². The molecule has 1 saturated carbocycles. The summed E-state index contributed by atoms with van der Waals surface area (Å²) < 4.78 is 40.2. The largest absolute Gasteiger partial charge is 0.241 e. The summed E-state index contributed by atoms with van der Waals surface area (Å²) >= 11 is 0. The Kier molecular flexibility index (Phi) is 3.23. The number of hydrogen-bond donors (Lipinski definition) is 1. The molecule has 0 bridgehead atoms. The molecule has 100 valence electrons. The summed E-state index contributed by atoms with van der Waals surface area (Å²) in [4.78, 5) is 0.202. The van der Waals surface area contributed by atoms with Gasteiger partial charge in [0.25, 0.3) is 0 Å². The molecule has 0 amide bonds. The summed E-state index contributed by atoms with van der Waals surface area (Å²) in [5.74, 6) is -0.405. The van der Waals surface area contributed by atoms with E-state index in [2.05, 4.69) is 11.6 Å². The molecule has 1 aromatic rings. The van der Waals surface area contributed by atoms with Crippen LogP contribution < -0.4 is 4.72 Å². The number of aryl methyl sites for hydroxylation is 2. The number of nitrogens with one attached hydrogen (secondary N) is 1. The zero-order chi connectivity index (χ0) is 13.6. The summed E-state index contributed by atoms with van der Waals surface area (Å²) in [6, 6.07) is 2.50. The van der Waals surface area contributed by atoms with Gasteiger partial charge in [-0.25, -0.2) is 17.5 Å². The van der Waals surface area contributed by atoms with Gasteiger partial charge >= 0.3 is 0 Å². The monoisotopic (exact) mass is 271 g/mol. The first kappa shape index (κ1) is 13.5. The highest BCUT2D eigenvalue weighted by Crippen LogP contribution is 2.44. The van der Waals surface area contributed by atoms with Gasteiger partial charge < -0.3 is 0 Å². The van der Waals surface area contributed by atoms with Crippen molar-refractivity contribution in [1.29, 1.82) is 0 Å². The predicted octanol–water partition coefficient (Wildman–Crippen LogP) is 2.52. The van der Waals surface area contributed by atoms with Crippen molar-refractivity contribution in [1.82, 2.24) is 4.72 Å². The molecule has 3 nitrogen and oxygen atoms in total. The first-order chi connectivity index (χ1) is 8.23. The minimum absolute atomic E-state index is 0.106. The van der Waals surface area contributed by atoms with Gasteiger partial charge in [-0.1, -0.05) is 6.92 Å². The standard InChI is InChI=1S/C13H18FNO2S/c1-9-6-11(14)7-10(2)12(9)18(16,17)15-8-13(3)4-5-13/h6-7,15H,4-5,8H2,1-3H3. The molecule has 1 aliphatic carbocycles. The van der Waals surface area contributed by atoms with E-state index in [1.54, 1.807) is 13.8 Å². The number of benzene rings is 1. The van der Waals surface area contributed by atoms with Crippen LogP contribution in [0, 0.1) is 25.1 Å². The van der Waals surface area contributed by atoms with Gasteiger partial charge in [-0.05, 0) is 55.4 Å². The van der Waals surface area contributed by atoms with E-state index in [1.807, 2.05) is 0 Å². The van der Waals surface area contributed by atoms with Gasteiger partial charge in [0.1, 0.15) is 5.82 Å². The molecule has 5 heteroatoms. The van der Waals surface area contributed by atoms with Crippen LogP contribution in [0.15, 0.2) is 17.0 Å². The lowest BCUT2D eigenvalue weighted by Crippen LogP contribution is -2.30. The molecule has 0 heterocycles. The maximum atomic E-state index is 13.2. The third-order valence-corrected chi connectivity index (χ3v) is 5.19. The van der Waals surface area contributed by atoms with E-state index < -0.39 is 15.8 Å². The molecule has 1 N–H and O–H groups in total. The van der Waals surface area contributed by atoms with Crippen molar-refractivity contribution in [2.45, 2.75) is 38.5 Å². The highest BCUT2D eigenvalue weighted by molar-refractivity contribution is 7.89. The molecule has 0 aromatic heterocycles. The fourth-order valence-electron chi connectivity index (χ4n) is 2.05. The number of rotatable bonds is 4. The predicted molar refractivity (Wildman–Crippen MR) is 68.4 cm³/mol. The summed E-state index contributed by atoms with van der Waals surface area (Å²) in [6.45, 7) is 5.73. The van der Waals surface area contributed by atoms with E-state index in [0.717, 1.165) is 12.8 Å². The molecule has 1 fully saturated rings. The SMILES string of the molecule is Cc1cc(F)cc(C)c1S(=O)(=O)NCC1(C)CC1. The molecule has 0 aliphatic heterocycles. The van der Waals surface area contributed by atoms with E-state index in [9.17, 15) is 12.8 Å². The van der Waals surface area contributed by atoms with Crippen LogP contribution in [0.5, 0.6) is 0 Å². The fourth-order valence-corrected chi connectivity index (χ4v) is 3.70. The summed E-state index contributed by atoms with van der Waals surface area (Å²) in [5.41, 5.74) is 0.997. The summed E-state index contributed by atoms with van der Waals surface area (Å²) in [6.07, 6.45) is 2.10. The van der Waals surface area contributed by atoms with Gasteiger partial charge in [0.05, 0.1) is 4.90 Å². The minimum atomic E-state index is -3.55. The van der Waals surface area contributed by atoms with Crippen molar-refractivity contribution < 1.29 is 12.8 Å². The van der Waals surface area contributed by atoms with Gasteiger partial charge in [0.15, 0.2) is 0 Å². The normalized spacial score (nSPS) is 17.8. The quantitative estimate of drug-likeness (QED) is 0.914. The second-order valence-electron chi connectivity index (χ2n) is 5.50. The van der Waals surface area contributed by atoms with E-state index in [0.29, 0.717) is 17.7 Å². The second-order valence-corrected chi connectivity index (χ2v) is 7.21. The lowest BCUT2D eigenvalue weighted by atomic mass is 10.1. The molecule has 1 aliphatic rings. The molecule has 0 spiro atoms. The molecule has 0 atom stereocenters. The molecule has 0 saturated heterocycles. The summed E-state index contributed by atoms with van der Waals surface area (Å²) in [7, 11) is -3.55. The van der Waals surface area contributed by atoms with Crippen LogP contribution in [0.25, 0.3) is 0 Å². The lowest BCUT2D eigenvalue weighted by molar-refractivity contribution is 0.529.